The first-order chi connectivity index (χ1) is 10.1. The van der Waals surface area contributed by atoms with Crippen molar-refractivity contribution < 1.29 is 4.79 Å². The van der Waals surface area contributed by atoms with E-state index in [4.69, 9.17) is 11.6 Å². The summed E-state index contributed by atoms with van der Waals surface area (Å²) in [4.78, 5) is 15.4. The van der Waals surface area contributed by atoms with Crippen LogP contribution in [-0.4, -0.2) is 10.9 Å². The molecule has 1 unspecified atom stereocenters. The molecular weight excluding hydrogens is 284 g/mol. The number of aromatic amines is 1. The van der Waals surface area contributed by atoms with Crippen LogP contribution in [0.2, 0.25) is 5.02 Å². The maximum absolute atomic E-state index is 12.3. The summed E-state index contributed by atoms with van der Waals surface area (Å²) in [6.07, 6.45) is 0. The molecule has 21 heavy (non-hydrogen) atoms. The Labute approximate surface area is 127 Å². The van der Waals surface area contributed by atoms with Gasteiger partial charge in [-0.3, -0.25) is 4.79 Å². The number of fused-ring (bicyclic) bond motifs is 1. The average Bonchev–Trinajstić information content (AvgIpc) is 2.91. The van der Waals surface area contributed by atoms with E-state index in [-0.39, 0.29) is 11.9 Å². The van der Waals surface area contributed by atoms with Crippen molar-refractivity contribution in [2.24, 2.45) is 0 Å². The van der Waals surface area contributed by atoms with Crippen molar-refractivity contribution in [1.29, 1.82) is 0 Å². The molecule has 0 aliphatic heterocycles. The van der Waals surface area contributed by atoms with Gasteiger partial charge in [-0.15, -0.1) is 0 Å². The summed E-state index contributed by atoms with van der Waals surface area (Å²) < 4.78 is 0. The minimum absolute atomic E-state index is 0.109. The van der Waals surface area contributed by atoms with E-state index in [0.717, 1.165) is 16.5 Å². The maximum atomic E-state index is 12.3. The van der Waals surface area contributed by atoms with Crippen LogP contribution in [0.25, 0.3) is 10.9 Å². The number of hydrogen-bond donors (Lipinski definition) is 2. The lowest BCUT2D eigenvalue weighted by molar-refractivity contribution is 0.0935. The first-order valence-corrected chi connectivity index (χ1v) is 7.15. The molecule has 0 radical (unpaired) electrons. The molecule has 3 rings (SSSR count). The fourth-order valence-electron chi connectivity index (χ4n) is 2.33. The smallest absolute Gasteiger partial charge is 0.268 e. The van der Waals surface area contributed by atoms with Gasteiger partial charge in [0.1, 0.15) is 5.69 Å². The Kier molecular flexibility index (Phi) is 3.67. The Morgan fingerprint density at radius 2 is 1.95 bits per heavy atom. The molecular formula is C17H15ClN2O. The zero-order valence-electron chi connectivity index (χ0n) is 11.6. The van der Waals surface area contributed by atoms with E-state index in [2.05, 4.69) is 10.3 Å². The highest BCUT2D eigenvalue weighted by Gasteiger charge is 2.13. The van der Waals surface area contributed by atoms with E-state index < -0.39 is 0 Å². The molecule has 0 bridgehead atoms. The fraction of sp³-hybridized carbons (Fsp3) is 0.118. The molecule has 4 heteroatoms. The van der Waals surface area contributed by atoms with Gasteiger partial charge in [-0.05, 0) is 36.8 Å². The number of nitrogens with one attached hydrogen (secondary N) is 2. The Morgan fingerprint density at radius 3 is 2.71 bits per heavy atom. The van der Waals surface area contributed by atoms with Crippen LogP contribution in [0.3, 0.4) is 0 Å². The van der Waals surface area contributed by atoms with Crippen LogP contribution in [0.1, 0.15) is 29.0 Å². The van der Waals surface area contributed by atoms with Gasteiger partial charge in [0.15, 0.2) is 0 Å². The number of para-hydroxylation sites is 1. The Bertz CT molecular complexity index is 761. The Hall–Kier alpha value is -2.26. The number of H-pyrrole nitrogens is 1. The molecule has 106 valence electrons. The van der Waals surface area contributed by atoms with Crippen LogP contribution in [-0.2, 0) is 0 Å². The standard InChI is InChI=1S/C17H15ClN2O/c1-11(12-6-4-7-14(18)9-12)19-17(21)16-10-13-5-2-3-8-15(13)20-16/h2-11,20H,1H3,(H,19,21). The van der Waals surface area contributed by atoms with E-state index in [0.29, 0.717) is 10.7 Å². The van der Waals surface area contributed by atoms with Crippen molar-refractivity contribution >= 4 is 28.4 Å². The Balaban J connectivity index is 1.79. The monoisotopic (exact) mass is 298 g/mol. The van der Waals surface area contributed by atoms with Gasteiger partial charge in [0.05, 0.1) is 6.04 Å². The molecule has 0 saturated carbocycles. The molecule has 1 atom stereocenters. The number of hydrogen-bond acceptors (Lipinski definition) is 1. The fourth-order valence-corrected chi connectivity index (χ4v) is 2.53. The molecule has 1 aromatic heterocycles. The van der Waals surface area contributed by atoms with Crippen molar-refractivity contribution in [3.8, 4) is 0 Å². The van der Waals surface area contributed by atoms with Crippen molar-refractivity contribution in [1.82, 2.24) is 10.3 Å². The molecule has 3 nitrogen and oxygen atoms in total. The summed E-state index contributed by atoms with van der Waals surface area (Å²) in [6, 6.07) is 17.1. The highest BCUT2D eigenvalue weighted by molar-refractivity contribution is 6.30. The first kappa shape index (κ1) is 13.7. The minimum atomic E-state index is -0.126. The molecule has 2 N–H and O–H groups in total. The number of benzene rings is 2. The molecule has 2 aromatic carbocycles. The van der Waals surface area contributed by atoms with E-state index in [1.54, 1.807) is 0 Å². The van der Waals surface area contributed by atoms with Crippen molar-refractivity contribution in [2.75, 3.05) is 0 Å². The second kappa shape index (κ2) is 5.62. The minimum Gasteiger partial charge on any atom is -0.351 e. The quantitative estimate of drug-likeness (QED) is 0.743. The van der Waals surface area contributed by atoms with E-state index in [1.807, 2.05) is 61.5 Å². The normalized spacial score (nSPS) is 12.3. The van der Waals surface area contributed by atoms with Crippen molar-refractivity contribution in [2.45, 2.75) is 13.0 Å². The summed E-state index contributed by atoms with van der Waals surface area (Å²) in [5, 5.41) is 4.66. The molecule has 0 aliphatic carbocycles. The van der Waals surface area contributed by atoms with E-state index >= 15 is 0 Å². The third kappa shape index (κ3) is 2.93. The largest absolute Gasteiger partial charge is 0.351 e. The van der Waals surface area contributed by atoms with Gasteiger partial charge in [0.2, 0.25) is 0 Å². The predicted molar refractivity (Wildman–Crippen MR) is 85.6 cm³/mol. The van der Waals surface area contributed by atoms with Gasteiger partial charge < -0.3 is 10.3 Å². The summed E-state index contributed by atoms with van der Waals surface area (Å²) in [5.74, 6) is -0.126. The topological polar surface area (TPSA) is 44.9 Å². The van der Waals surface area contributed by atoms with Crippen molar-refractivity contribution in [3.05, 3.63) is 70.9 Å². The molecule has 1 amide bonds. The number of amides is 1. The zero-order chi connectivity index (χ0) is 14.8. The lowest BCUT2D eigenvalue weighted by Gasteiger charge is -2.13. The summed E-state index contributed by atoms with van der Waals surface area (Å²) in [7, 11) is 0. The average molecular weight is 299 g/mol. The van der Waals surface area contributed by atoms with Crippen LogP contribution in [0.15, 0.2) is 54.6 Å². The second-order valence-corrected chi connectivity index (χ2v) is 5.46. The molecule has 0 aliphatic rings. The lowest BCUT2D eigenvalue weighted by atomic mass is 10.1. The Morgan fingerprint density at radius 1 is 1.14 bits per heavy atom. The zero-order valence-corrected chi connectivity index (χ0v) is 12.3. The summed E-state index contributed by atoms with van der Waals surface area (Å²) in [5.41, 5.74) is 2.50. The van der Waals surface area contributed by atoms with Crippen LogP contribution >= 0.6 is 11.6 Å². The van der Waals surface area contributed by atoms with Gasteiger partial charge in [0.25, 0.3) is 5.91 Å². The van der Waals surface area contributed by atoms with Crippen LogP contribution < -0.4 is 5.32 Å². The number of halogens is 1. The molecule has 0 fully saturated rings. The SMILES string of the molecule is CC(NC(=O)c1cc2ccccc2[nH]1)c1cccc(Cl)c1. The van der Waals surface area contributed by atoms with E-state index in [1.165, 1.54) is 0 Å². The second-order valence-electron chi connectivity index (χ2n) is 5.02. The highest BCUT2D eigenvalue weighted by atomic mass is 35.5. The molecule has 0 saturated heterocycles. The predicted octanol–water partition coefficient (Wildman–Crippen LogP) is 4.31. The molecule has 3 aromatic rings. The van der Waals surface area contributed by atoms with Crippen LogP contribution in [0, 0.1) is 0 Å². The third-order valence-corrected chi connectivity index (χ3v) is 3.71. The van der Waals surface area contributed by atoms with E-state index in [9.17, 15) is 4.79 Å². The van der Waals surface area contributed by atoms with Gasteiger partial charge in [0, 0.05) is 15.9 Å². The number of carbonyl (C=O) groups is 1. The number of rotatable bonds is 3. The molecule has 0 spiro atoms. The van der Waals surface area contributed by atoms with Gasteiger partial charge in [-0.2, -0.15) is 0 Å². The number of carbonyl (C=O) groups excluding carboxylic acids is 1. The van der Waals surface area contributed by atoms with Crippen LogP contribution in [0.4, 0.5) is 0 Å². The number of aromatic nitrogens is 1. The lowest BCUT2D eigenvalue weighted by Crippen LogP contribution is -2.26. The van der Waals surface area contributed by atoms with Gasteiger partial charge >= 0.3 is 0 Å². The summed E-state index contributed by atoms with van der Waals surface area (Å²) >= 11 is 5.98. The first-order valence-electron chi connectivity index (χ1n) is 6.77. The van der Waals surface area contributed by atoms with Gasteiger partial charge in [-0.25, -0.2) is 0 Å². The summed E-state index contributed by atoms with van der Waals surface area (Å²) in [6.45, 7) is 1.94. The molecule has 1 heterocycles. The van der Waals surface area contributed by atoms with Crippen molar-refractivity contribution in [3.63, 3.8) is 0 Å². The van der Waals surface area contributed by atoms with Crippen LogP contribution in [0.5, 0.6) is 0 Å². The highest BCUT2D eigenvalue weighted by Crippen LogP contribution is 2.19. The van der Waals surface area contributed by atoms with Gasteiger partial charge in [-0.1, -0.05) is 41.9 Å². The maximum Gasteiger partial charge on any atom is 0.268 e. The third-order valence-electron chi connectivity index (χ3n) is 3.47.